The van der Waals surface area contributed by atoms with E-state index in [2.05, 4.69) is 5.48 Å². The number of aromatic nitrogens is 1. The van der Waals surface area contributed by atoms with Gasteiger partial charge in [0.05, 0.1) is 11.2 Å². The number of fused-ring (bicyclic) bond motifs is 1. The lowest BCUT2D eigenvalue weighted by molar-refractivity contribution is -0.148. The van der Waals surface area contributed by atoms with E-state index in [0.717, 1.165) is 22.0 Å². The highest BCUT2D eigenvalue weighted by molar-refractivity contribution is 6.09. The quantitative estimate of drug-likeness (QED) is 0.300. The summed E-state index contributed by atoms with van der Waals surface area (Å²) in [7, 11) is 0. The van der Waals surface area contributed by atoms with Gasteiger partial charge in [-0.1, -0.05) is 54.6 Å². The molecule has 0 amide bonds. The molecule has 33 heavy (non-hydrogen) atoms. The number of Topliss-reactive ketones (excluding diaryl/α,β-unsaturated/α-hetero) is 1. The van der Waals surface area contributed by atoms with Gasteiger partial charge in [0.15, 0.2) is 5.78 Å². The fraction of sp³-hybridized carbons (Fsp3) is 0.185. The Kier molecular flexibility index (Phi) is 6.66. The number of nitrogens with zero attached hydrogens (tertiary/aromatic N) is 1. The van der Waals surface area contributed by atoms with Crippen molar-refractivity contribution in [1.82, 2.24) is 10.0 Å². The van der Waals surface area contributed by atoms with Crippen LogP contribution in [0.3, 0.4) is 0 Å². The van der Waals surface area contributed by atoms with Crippen LogP contribution in [0.1, 0.15) is 28.4 Å². The highest BCUT2D eigenvalue weighted by atomic mass is 19.1. The monoisotopic (exact) mass is 444 g/mol. The smallest absolute Gasteiger partial charge is 0.321 e. The van der Waals surface area contributed by atoms with E-state index >= 15 is 0 Å². The predicted octanol–water partition coefficient (Wildman–Crippen LogP) is 5.19. The molecule has 0 radical (unpaired) electrons. The number of nitrogens with one attached hydrogen (secondary N) is 1. The Morgan fingerprint density at radius 1 is 1.00 bits per heavy atom. The molecule has 5 nitrogen and oxygen atoms in total. The average molecular weight is 445 g/mol. The molecule has 0 saturated carbocycles. The van der Waals surface area contributed by atoms with Crippen molar-refractivity contribution in [1.29, 1.82) is 0 Å². The molecule has 0 bridgehead atoms. The first-order valence-corrected chi connectivity index (χ1v) is 10.8. The van der Waals surface area contributed by atoms with Crippen LogP contribution in [0.15, 0.2) is 79.0 Å². The molecule has 1 atom stereocenters. The zero-order chi connectivity index (χ0) is 23.4. The molecule has 1 unspecified atom stereocenters. The van der Waals surface area contributed by atoms with Crippen LogP contribution in [0.2, 0.25) is 0 Å². The summed E-state index contributed by atoms with van der Waals surface area (Å²) in [6.45, 7) is 3.46. The van der Waals surface area contributed by atoms with Crippen molar-refractivity contribution in [2.24, 2.45) is 5.92 Å². The highest BCUT2D eigenvalue weighted by Gasteiger charge is 2.25. The number of halogens is 1. The first-order valence-electron chi connectivity index (χ1n) is 10.8. The molecular weight excluding hydrogens is 419 g/mol. The molecule has 6 heteroatoms. The van der Waals surface area contributed by atoms with E-state index in [1.54, 1.807) is 29.0 Å². The van der Waals surface area contributed by atoms with Crippen LogP contribution in [0, 0.1) is 18.7 Å². The molecule has 1 aromatic heterocycles. The number of ketones is 1. The molecule has 0 saturated heterocycles. The van der Waals surface area contributed by atoms with Gasteiger partial charge in [0.1, 0.15) is 5.82 Å². The minimum absolute atomic E-state index is 0.107. The number of hydrogen-bond acceptors (Lipinski definition) is 4. The number of hydroxylamine groups is 1. The second kappa shape index (κ2) is 9.79. The number of carbonyl (C=O) groups excluding carboxylic acids is 2. The lowest BCUT2D eigenvalue weighted by Gasteiger charge is -2.17. The van der Waals surface area contributed by atoms with Gasteiger partial charge in [0.25, 0.3) is 0 Å². The molecule has 3 aromatic carbocycles. The van der Waals surface area contributed by atoms with Gasteiger partial charge in [-0.05, 0) is 42.7 Å². The normalized spacial score (nSPS) is 12.0. The molecule has 168 valence electrons. The third-order valence-electron chi connectivity index (χ3n) is 5.73. The van der Waals surface area contributed by atoms with Crippen molar-refractivity contribution in [3.63, 3.8) is 0 Å². The molecular formula is C27H25FN2O3. The van der Waals surface area contributed by atoms with E-state index in [4.69, 9.17) is 4.84 Å². The first-order chi connectivity index (χ1) is 16.0. The Morgan fingerprint density at radius 2 is 1.70 bits per heavy atom. The summed E-state index contributed by atoms with van der Waals surface area (Å²) in [5.74, 6) is -1.45. The summed E-state index contributed by atoms with van der Waals surface area (Å²) < 4.78 is 16.3. The molecule has 4 rings (SSSR count). The number of benzene rings is 3. The van der Waals surface area contributed by atoms with Crippen LogP contribution in [0.5, 0.6) is 0 Å². The van der Waals surface area contributed by atoms with Crippen LogP contribution in [-0.4, -0.2) is 22.9 Å². The number of carbonyl (C=O) groups is 2. The van der Waals surface area contributed by atoms with Crippen LogP contribution in [0.25, 0.3) is 16.6 Å². The van der Waals surface area contributed by atoms with E-state index < -0.39 is 11.9 Å². The SMILES string of the molecule is CC(=O)ONCC(Cc1ccccc1C)C(=O)c1cn(-c2ccccc2F)c2ccccc12. The van der Waals surface area contributed by atoms with Crippen molar-refractivity contribution < 1.29 is 18.8 Å². The number of rotatable bonds is 8. The minimum Gasteiger partial charge on any atom is -0.371 e. The fourth-order valence-electron chi connectivity index (χ4n) is 4.05. The molecule has 1 heterocycles. The van der Waals surface area contributed by atoms with Crippen molar-refractivity contribution in [2.45, 2.75) is 20.3 Å². The summed E-state index contributed by atoms with van der Waals surface area (Å²) in [5.41, 5.74) is 6.37. The topological polar surface area (TPSA) is 60.3 Å². The van der Waals surface area contributed by atoms with Crippen LogP contribution in [0.4, 0.5) is 4.39 Å². The van der Waals surface area contributed by atoms with Crippen molar-refractivity contribution in [2.75, 3.05) is 6.54 Å². The maximum Gasteiger partial charge on any atom is 0.321 e. The van der Waals surface area contributed by atoms with Gasteiger partial charge >= 0.3 is 5.97 Å². The van der Waals surface area contributed by atoms with Crippen molar-refractivity contribution >= 4 is 22.7 Å². The second-order valence-corrected chi connectivity index (χ2v) is 8.02. The van der Waals surface area contributed by atoms with Gasteiger partial charge < -0.3 is 9.40 Å². The van der Waals surface area contributed by atoms with E-state index in [-0.39, 0.29) is 18.1 Å². The van der Waals surface area contributed by atoms with Gasteiger partial charge in [-0.15, -0.1) is 0 Å². The van der Waals surface area contributed by atoms with Crippen molar-refractivity contribution in [3.05, 3.63) is 102 Å². The van der Waals surface area contributed by atoms with Gasteiger partial charge in [-0.25, -0.2) is 4.39 Å². The van der Waals surface area contributed by atoms with Crippen molar-refractivity contribution in [3.8, 4) is 5.69 Å². The second-order valence-electron chi connectivity index (χ2n) is 8.02. The Morgan fingerprint density at radius 3 is 2.45 bits per heavy atom. The molecule has 0 aliphatic heterocycles. The Balaban J connectivity index is 1.75. The van der Waals surface area contributed by atoms with E-state index in [1.165, 1.54) is 13.0 Å². The average Bonchev–Trinajstić information content (AvgIpc) is 3.19. The van der Waals surface area contributed by atoms with E-state index in [1.807, 2.05) is 55.5 Å². The van der Waals surface area contributed by atoms with E-state index in [0.29, 0.717) is 17.7 Å². The molecule has 0 aliphatic carbocycles. The molecule has 0 aliphatic rings. The summed E-state index contributed by atoms with van der Waals surface area (Å²) in [6.07, 6.45) is 2.17. The predicted molar refractivity (Wildman–Crippen MR) is 126 cm³/mol. The summed E-state index contributed by atoms with van der Waals surface area (Å²) in [5, 5.41) is 0.744. The molecule has 0 fully saturated rings. The zero-order valence-corrected chi connectivity index (χ0v) is 18.5. The number of para-hydroxylation sites is 2. The summed E-state index contributed by atoms with van der Waals surface area (Å²) in [6, 6.07) is 21.8. The number of aryl methyl sites for hydroxylation is 1. The van der Waals surface area contributed by atoms with Gasteiger partial charge in [0, 0.05) is 36.5 Å². The third-order valence-corrected chi connectivity index (χ3v) is 5.73. The lowest BCUT2D eigenvalue weighted by atomic mass is 9.89. The summed E-state index contributed by atoms with van der Waals surface area (Å²) in [4.78, 5) is 29.9. The summed E-state index contributed by atoms with van der Waals surface area (Å²) >= 11 is 0. The zero-order valence-electron chi connectivity index (χ0n) is 18.5. The Hall–Kier alpha value is -3.77. The molecule has 4 aromatic rings. The maximum absolute atomic E-state index is 14.6. The van der Waals surface area contributed by atoms with Gasteiger partial charge in [0.2, 0.25) is 0 Å². The maximum atomic E-state index is 14.6. The fourth-order valence-corrected chi connectivity index (χ4v) is 4.05. The number of hydrogen-bond donors (Lipinski definition) is 1. The van der Waals surface area contributed by atoms with Crippen LogP contribution < -0.4 is 5.48 Å². The minimum atomic E-state index is -0.495. The standard InChI is InChI=1S/C27H25FN2O3/c1-18-9-3-4-10-20(18)15-21(16-29-33-19(2)31)27(32)23-17-30(25-13-7-5-11-22(23)25)26-14-8-6-12-24(26)28/h3-14,17,21,29H,15-16H2,1-2H3. The molecule has 1 N–H and O–H groups in total. The van der Waals surface area contributed by atoms with Crippen LogP contribution in [-0.2, 0) is 16.1 Å². The first kappa shape index (κ1) is 22.4. The highest BCUT2D eigenvalue weighted by Crippen LogP contribution is 2.29. The molecule has 0 spiro atoms. The van der Waals surface area contributed by atoms with Gasteiger partial charge in [-0.3, -0.25) is 9.59 Å². The van der Waals surface area contributed by atoms with Crippen LogP contribution >= 0.6 is 0 Å². The third kappa shape index (κ3) is 4.86. The van der Waals surface area contributed by atoms with E-state index in [9.17, 15) is 14.0 Å². The Labute approximate surface area is 191 Å². The largest absolute Gasteiger partial charge is 0.371 e. The Bertz CT molecular complexity index is 1310. The van der Waals surface area contributed by atoms with Gasteiger partial charge in [-0.2, -0.15) is 5.48 Å². The lowest BCUT2D eigenvalue weighted by Crippen LogP contribution is -2.31.